The van der Waals surface area contributed by atoms with E-state index >= 15 is 0 Å². The average molecular weight is 327 g/mol. The van der Waals surface area contributed by atoms with E-state index in [-0.39, 0.29) is 17.6 Å². The standard InChI is InChI=1S/C15H21NO5S/c1-18-9-5-3-8(4-6-9)14-19-7-10-13(21-14)11(16)12(17)15(20-10)22-2/h3-6,10-15,17H,7,16H2,1-2H3/t10-,11-,12-,13+,14+,15+/m1/s1. The van der Waals surface area contributed by atoms with Crippen LogP contribution in [0, 0.1) is 0 Å². The summed E-state index contributed by atoms with van der Waals surface area (Å²) < 4.78 is 22.6. The highest BCUT2D eigenvalue weighted by Gasteiger charge is 2.47. The van der Waals surface area contributed by atoms with Gasteiger partial charge in [0, 0.05) is 5.56 Å². The second-order valence-corrected chi connectivity index (χ2v) is 6.32. The molecule has 0 aliphatic carbocycles. The SMILES string of the molecule is COc1ccc([C@H]2OC[C@H]3O[C@@H](SC)[C@H](O)[C@@H](N)[C@H]3O2)cc1. The van der Waals surface area contributed by atoms with E-state index in [9.17, 15) is 5.11 Å². The predicted octanol–water partition coefficient (Wildman–Crippen LogP) is 0.885. The maximum Gasteiger partial charge on any atom is 0.184 e. The average Bonchev–Trinajstić information content (AvgIpc) is 2.58. The number of thioether (sulfide) groups is 1. The molecule has 0 aromatic heterocycles. The number of methoxy groups -OCH3 is 1. The van der Waals surface area contributed by atoms with Crippen LogP contribution >= 0.6 is 11.8 Å². The summed E-state index contributed by atoms with van der Waals surface area (Å²) in [5.41, 5.74) is 6.68. The summed E-state index contributed by atoms with van der Waals surface area (Å²) in [5, 5.41) is 10.2. The van der Waals surface area contributed by atoms with Gasteiger partial charge in [0.1, 0.15) is 29.5 Å². The number of aliphatic hydroxyl groups excluding tert-OH is 1. The molecule has 0 amide bonds. The number of nitrogens with two attached hydrogens (primary N) is 1. The fourth-order valence-electron chi connectivity index (χ4n) is 2.76. The van der Waals surface area contributed by atoms with Gasteiger partial charge in [0.25, 0.3) is 0 Å². The summed E-state index contributed by atoms with van der Waals surface area (Å²) in [4.78, 5) is 0. The van der Waals surface area contributed by atoms with Gasteiger partial charge in [-0.1, -0.05) is 12.1 Å². The van der Waals surface area contributed by atoms with Crippen molar-refractivity contribution in [2.75, 3.05) is 20.0 Å². The van der Waals surface area contributed by atoms with Crippen LogP contribution in [0.4, 0.5) is 0 Å². The van der Waals surface area contributed by atoms with Crippen molar-refractivity contribution < 1.29 is 24.1 Å². The summed E-state index contributed by atoms with van der Waals surface area (Å²) >= 11 is 1.44. The van der Waals surface area contributed by atoms with Crippen LogP contribution in [-0.4, -0.2) is 54.9 Å². The molecular weight excluding hydrogens is 306 g/mol. The zero-order chi connectivity index (χ0) is 15.7. The third kappa shape index (κ3) is 2.97. The summed E-state index contributed by atoms with van der Waals surface area (Å²) in [6.45, 7) is 0.388. The van der Waals surface area contributed by atoms with Crippen LogP contribution in [0.3, 0.4) is 0 Å². The first-order valence-corrected chi connectivity index (χ1v) is 8.45. The van der Waals surface area contributed by atoms with Crippen LogP contribution in [0.1, 0.15) is 11.9 Å². The minimum atomic E-state index is -0.758. The quantitative estimate of drug-likeness (QED) is 0.853. The largest absolute Gasteiger partial charge is 0.497 e. The number of rotatable bonds is 3. The molecule has 0 bridgehead atoms. The fraction of sp³-hybridized carbons (Fsp3) is 0.600. The van der Waals surface area contributed by atoms with Gasteiger partial charge in [-0.15, -0.1) is 11.8 Å². The molecule has 7 heteroatoms. The Morgan fingerprint density at radius 1 is 1.27 bits per heavy atom. The first-order chi connectivity index (χ1) is 10.6. The molecule has 2 aliphatic heterocycles. The van der Waals surface area contributed by atoms with E-state index < -0.39 is 18.4 Å². The Bertz CT molecular complexity index is 497. The van der Waals surface area contributed by atoms with Crippen molar-refractivity contribution in [3.8, 4) is 5.75 Å². The maximum atomic E-state index is 10.2. The van der Waals surface area contributed by atoms with E-state index in [0.29, 0.717) is 6.61 Å². The molecule has 0 unspecified atom stereocenters. The van der Waals surface area contributed by atoms with Gasteiger partial charge in [-0.05, 0) is 18.4 Å². The van der Waals surface area contributed by atoms with Crippen LogP contribution < -0.4 is 10.5 Å². The summed E-state index contributed by atoms with van der Waals surface area (Å²) in [6, 6.07) is 6.98. The Labute approximate surface area is 133 Å². The van der Waals surface area contributed by atoms with E-state index in [0.717, 1.165) is 11.3 Å². The van der Waals surface area contributed by atoms with Crippen LogP contribution in [0.15, 0.2) is 24.3 Å². The topological polar surface area (TPSA) is 83.2 Å². The first-order valence-electron chi connectivity index (χ1n) is 7.17. The van der Waals surface area contributed by atoms with Gasteiger partial charge in [0.2, 0.25) is 0 Å². The lowest BCUT2D eigenvalue weighted by Crippen LogP contribution is -2.64. The van der Waals surface area contributed by atoms with Crippen LogP contribution in [0.2, 0.25) is 0 Å². The van der Waals surface area contributed by atoms with E-state index in [1.807, 2.05) is 30.5 Å². The Balaban J connectivity index is 1.72. The molecule has 6 atom stereocenters. The Morgan fingerprint density at radius 2 is 2.00 bits per heavy atom. The van der Waals surface area contributed by atoms with Crippen molar-refractivity contribution in [3.05, 3.63) is 29.8 Å². The molecule has 2 heterocycles. The Morgan fingerprint density at radius 3 is 2.64 bits per heavy atom. The number of aliphatic hydroxyl groups is 1. The maximum absolute atomic E-state index is 10.2. The third-order valence-electron chi connectivity index (χ3n) is 4.04. The highest BCUT2D eigenvalue weighted by molar-refractivity contribution is 7.99. The molecule has 1 aromatic rings. The van der Waals surface area contributed by atoms with Crippen LogP contribution in [-0.2, 0) is 14.2 Å². The van der Waals surface area contributed by atoms with E-state index in [2.05, 4.69) is 0 Å². The first kappa shape index (κ1) is 16.0. The third-order valence-corrected chi connectivity index (χ3v) is 4.90. The molecule has 1 aromatic carbocycles. The van der Waals surface area contributed by atoms with E-state index in [1.54, 1.807) is 7.11 Å². The number of ether oxygens (including phenoxy) is 4. The predicted molar refractivity (Wildman–Crippen MR) is 82.7 cm³/mol. The van der Waals surface area contributed by atoms with E-state index in [4.69, 9.17) is 24.7 Å². The lowest BCUT2D eigenvalue weighted by Gasteiger charge is -2.46. The second kappa shape index (κ2) is 6.74. The molecule has 0 radical (unpaired) electrons. The summed E-state index contributed by atoms with van der Waals surface area (Å²) in [7, 11) is 1.62. The minimum absolute atomic E-state index is 0.259. The summed E-state index contributed by atoms with van der Waals surface area (Å²) in [5.74, 6) is 0.772. The highest BCUT2D eigenvalue weighted by atomic mass is 32.2. The number of fused-ring (bicyclic) bond motifs is 1. The minimum Gasteiger partial charge on any atom is -0.497 e. The van der Waals surface area contributed by atoms with Crippen molar-refractivity contribution >= 4 is 11.8 Å². The molecule has 2 aliphatic rings. The van der Waals surface area contributed by atoms with Gasteiger partial charge >= 0.3 is 0 Å². The molecule has 0 saturated carbocycles. The normalized spacial score (nSPS) is 38.4. The number of benzene rings is 1. The molecule has 0 spiro atoms. The van der Waals surface area contributed by atoms with Crippen molar-refractivity contribution in [1.82, 2.24) is 0 Å². The zero-order valence-corrected chi connectivity index (χ0v) is 13.4. The van der Waals surface area contributed by atoms with Gasteiger partial charge in [0.05, 0.1) is 19.8 Å². The molecule has 122 valence electrons. The van der Waals surface area contributed by atoms with Crippen molar-refractivity contribution in [2.24, 2.45) is 5.73 Å². The van der Waals surface area contributed by atoms with Crippen molar-refractivity contribution in [1.29, 1.82) is 0 Å². The smallest absolute Gasteiger partial charge is 0.184 e. The summed E-state index contributed by atoms with van der Waals surface area (Å²) in [6.07, 6.45) is -0.0404. The second-order valence-electron chi connectivity index (χ2n) is 5.39. The molecule has 2 saturated heterocycles. The Hall–Kier alpha value is -0.830. The van der Waals surface area contributed by atoms with Crippen molar-refractivity contribution in [2.45, 2.75) is 36.1 Å². The van der Waals surface area contributed by atoms with Crippen LogP contribution in [0.5, 0.6) is 5.75 Å². The molecule has 2 fully saturated rings. The van der Waals surface area contributed by atoms with Gasteiger partial charge in [-0.25, -0.2) is 0 Å². The van der Waals surface area contributed by atoms with Gasteiger partial charge < -0.3 is 29.8 Å². The molecular formula is C15H21NO5S. The lowest BCUT2D eigenvalue weighted by molar-refractivity contribution is -0.297. The van der Waals surface area contributed by atoms with Crippen LogP contribution in [0.25, 0.3) is 0 Å². The van der Waals surface area contributed by atoms with Gasteiger partial charge in [-0.3, -0.25) is 0 Å². The van der Waals surface area contributed by atoms with Gasteiger partial charge in [0.15, 0.2) is 6.29 Å². The molecule has 6 nitrogen and oxygen atoms in total. The van der Waals surface area contributed by atoms with Crippen molar-refractivity contribution in [3.63, 3.8) is 0 Å². The monoisotopic (exact) mass is 327 g/mol. The van der Waals surface area contributed by atoms with Gasteiger partial charge in [-0.2, -0.15) is 0 Å². The highest BCUT2D eigenvalue weighted by Crippen LogP contribution is 2.35. The fourth-order valence-corrected chi connectivity index (χ4v) is 3.48. The molecule has 3 rings (SSSR count). The zero-order valence-electron chi connectivity index (χ0n) is 12.5. The Kier molecular flexibility index (Phi) is 4.91. The number of hydrogen-bond acceptors (Lipinski definition) is 7. The molecule has 22 heavy (non-hydrogen) atoms. The lowest BCUT2D eigenvalue weighted by atomic mass is 9.97. The number of hydrogen-bond donors (Lipinski definition) is 2. The van der Waals surface area contributed by atoms with E-state index in [1.165, 1.54) is 11.8 Å². The molecule has 3 N–H and O–H groups in total.